The summed E-state index contributed by atoms with van der Waals surface area (Å²) in [5.41, 5.74) is 0.268. The van der Waals surface area contributed by atoms with Gasteiger partial charge in [-0.2, -0.15) is 0 Å². The molecule has 0 saturated carbocycles. The number of carbonyl (C=O) groups excluding carboxylic acids is 1. The van der Waals surface area contributed by atoms with E-state index < -0.39 is 11.9 Å². The maximum absolute atomic E-state index is 10.6. The molecule has 0 amide bonds. The van der Waals surface area contributed by atoms with E-state index >= 15 is 0 Å². The van der Waals surface area contributed by atoms with Crippen molar-refractivity contribution in [2.45, 2.75) is 32.3 Å². The summed E-state index contributed by atoms with van der Waals surface area (Å²) in [7, 11) is 0. The van der Waals surface area contributed by atoms with Gasteiger partial charge in [-0.3, -0.25) is 4.79 Å². The number of hydrogen-bond acceptors (Lipinski definition) is 4. The molecule has 0 aliphatic carbocycles. The maximum atomic E-state index is 10.6. The van der Waals surface area contributed by atoms with Crippen molar-refractivity contribution in [3.8, 4) is 0 Å². The summed E-state index contributed by atoms with van der Waals surface area (Å²) in [6.07, 6.45) is 0.949. The van der Waals surface area contributed by atoms with Crippen molar-refractivity contribution in [2.24, 2.45) is 0 Å². The third-order valence-corrected chi connectivity index (χ3v) is 2.11. The van der Waals surface area contributed by atoms with Gasteiger partial charge in [-0.25, -0.2) is 9.59 Å². The molecular weight excluding hydrogens is 240 g/mol. The standard InChI is InChI=1S/C8H10O4.C4H6O2/c1-5(8(10)11)4-6-2-3-7(9)12-6;1-3(2)4(5)6/h6H,1-4H2,(H,10,11);1H2,2H3,(H,5,6). The van der Waals surface area contributed by atoms with E-state index in [1.165, 1.54) is 6.92 Å². The molecule has 0 spiro atoms. The molecule has 100 valence electrons. The predicted molar refractivity (Wildman–Crippen MR) is 63.0 cm³/mol. The largest absolute Gasteiger partial charge is 0.478 e. The number of esters is 1. The number of aliphatic carboxylic acids is 2. The van der Waals surface area contributed by atoms with Gasteiger partial charge in [0.15, 0.2) is 0 Å². The van der Waals surface area contributed by atoms with E-state index in [1.807, 2.05) is 0 Å². The number of cyclic esters (lactones) is 1. The van der Waals surface area contributed by atoms with E-state index in [4.69, 9.17) is 14.9 Å². The fourth-order valence-electron chi connectivity index (χ4n) is 1.09. The number of carboxylic acid groups (broad SMARTS) is 2. The summed E-state index contributed by atoms with van der Waals surface area (Å²) in [6.45, 7) is 7.95. The first-order valence-electron chi connectivity index (χ1n) is 5.23. The van der Waals surface area contributed by atoms with Crippen LogP contribution in [0.4, 0.5) is 0 Å². The summed E-state index contributed by atoms with van der Waals surface area (Å²) in [4.78, 5) is 30.5. The number of rotatable bonds is 4. The normalized spacial score (nSPS) is 17.2. The second-order valence-corrected chi connectivity index (χ2v) is 3.85. The fourth-order valence-corrected chi connectivity index (χ4v) is 1.09. The molecule has 1 fully saturated rings. The molecule has 1 rings (SSSR count). The van der Waals surface area contributed by atoms with Gasteiger partial charge in [0, 0.05) is 24.0 Å². The van der Waals surface area contributed by atoms with Crippen LogP contribution in [0.25, 0.3) is 0 Å². The second-order valence-electron chi connectivity index (χ2n) is 3.85. The predicted octanol–water partition coefficient (Wildman–Crippen LogP) is 1.37. The minimum absolute atomic E-state index is 0.0923. The summed E-state index contributed by atoms with van der Waals surface area (Å²) in [5.74, 6) is -2.22. The third kappa shape index (κ3) is 6.47. The van der Waals surface area contributed by atoms with Gasteiger partial charge in [-0.15, -0.1) is 0 Å². The van der Waals surface area contributed by atoms with E-state index in [-0.39, 0.29) is 29.6 Å². The Labute approximate surface area is 105 Å². The smallest absolute Gasteiger partial charge is 0.331 e. The Hall–Kier alpha value is -2.11. The average molecular weight is 256 g/mol. The number of hydrogen-bond donors (Lipinski definition) is 2. The van der Waals surface area contributed by atoms with Crippen LogP contribution >= 0.6 is 0 Å². The van der Waals surface area contributed by atoms with E-state index in [9.17, 15) is 14.4 Å². The molecule has 6 nitrogen and oxygen atoms in total. The molecule has 0 radical (unpaired) electrons. The van der Waals surface area contributed by atoms with Crippen molar-refractivity contribution in [3.05, 3.63) is 24.3 Å². The van der Waals surface area contributed by atoms with Gasteiger partial charge < -0.3 is 14.9 Å². The molecule has 1 heterocycles. The van der Waals surface area contributed by atoms with Crippen molar-refractivity contribution in [2.75, 3.05) is 0 Å². The van der Waals surface area contributed by atoms with E-state index in [0.717, 1.165) is 0 Å². The molecule has 0 aromatic rings. The monoisotopic (exact) mass is 256 g/mol. The van der Waals surface area contributed by atoms with E-state index in [2.05, 4.69) is 13.2 Å². The highest BCUT2D eigenvalue weighted by Crippen LogP contribution is 2.19. The van der Waals surface area contributed by atoms with Crippen molar-refractivity contribution >= 4 is 17.9 Å². The summed E-state index contributed by atoms with van der Waals surface area (Å²) in [6, 6.07) is 0. The van der Waals surface area contributed by atoms with Gasteiger partial charge >= 0.3 is 17.9 Å². The second kappa shape index (κ2) is 7.26. The molecule has 1 saturated heterocycles. The highest BCUT2D eigenvalue weighted by Gasteiger charge is 2.24. The van der Waals surface area contributed by atoms with E-state index in [1.54, 1.807) is 0 Å². The Balaban J connectivity index is 0.000000411. The van der Waals surface area contributed by atoms with Crippen LogP contribution in [0.1, 0.15) is 26.2 Å². The Kier molecular flexibility index (Phi) is 6.41. The van der Waals surface area contributed by atoms with Gasteiger partial charge in [-0.05, 0) is 13.3 Å². The zero-order chi connectivity index (χ0) is 14.3. The summed E-state index contributed by atoms with van der Waals surface area (Å²) >= 11 is 0. The van der Waals surface area contributed by atoms with Gasteiger partial charge in [-0.1, -0.05) is 13.2 Å². The number of carbonyl (C=O) groups is 3. The Morgan fingerprint density at radius 2 is 1.83 bits per heavy atom. The fraction of sp³-hybridized carbons (Fsp3) is 0.417. The number of ether oxygens (including phenoxy) is 1. The molecule has 6 heteroatoms. The zero-order valence-electron chi connectivity index (χ0n) is 10.1. The van der Waals surface area contributed by atoms with Crippen LogP contribution in [0, 0.1) is 0 Å². The molecule has 0 bridgehead atoms. The Morgan fingerprint density at radius 3 is 2.11 bits per heavy atom. The molecule has 1 aliphatic rings. The first-order chi connectivity index (χ1) is 8.23. The van der Waals surface area contributed by atoms with Crippen molar-refractivity contribution in [1.82, 2.24) is 0 Å². The van der Waals surface area contributed by atoms with Gasteiger partial charge in [0.05, 0.1) is 0 Å². The van der Waals surface area contributed by atoms with E-state index in [0.29, 0.717) is 12.8 Å². The van der Waals surface area contributed by atoms with Gasteiger partial charge in [0.2, 0.25) is 0 Å². The third-order valence-electron chi connectivity index (χ3n) is 2.11. The zero-order valence-corrected chi connectivity index (χ0v) is 10.1. The van der Waals surface area contributed by atoms with Crippen LogP contribution in [-0.4, -0.2) is 34.2 Å². The highest BCUT2D eigenvalue weighted by atomic mass is 16.5. The SMILES string of the molecule is C=C(C)C(=O)O.C=C(CC1CCC(=O)O1)C(=O)O. The quantitative estimate of drug-likeness (QED) is 0.582. The minimum Gasteiger partial charge on any atom is -0.478 e. The lowest BCUT2D eigenvalue weighted by Gasteiger charge is -2.07. The van der Waals surface area contributed by atoms with Crippen LogP contribution in [0.5, 0.6) is 0 Å². The van der Waals surface area contributed by atoms with Gasteiger partial charge in [0.25, 0.3) is 0 Å². The topological polar surface area (TPSA) is 101 Å². The minimum atomic E-state index is -1.03. The van der Waals surface area contributed by atoms with Gasteiger partial charge in [0.1, 0.15) is 6.10 Å². The Morgan fingerprint density at radius 1 is 1.33 bits per heavy atom. The molecule has 0 aromatic carbocycles. The average Bonchev–Trinajstić information content (AvgIpc) is 2.64. The highest BCUT2D eigenvalue weighted by molar-refractivity contribution is 5.86. The van der Waals surface area contributed by atoms with Crippen LogP contribution in [0.15, 0.2) is 24.3 Å². The van der Waals surface area contributed by atoms with Crippen LogP contribution < -0.4 is 0 Å². The van der Waals surface area contributed by atoms with Crippen molar-refractivity contribution in [3.63, 3.8) is 0 Å². The molecule has 1 atom stereocenters. The molecule has 1 unspecified atom stereocenters. The number of carboxylic acids is 2. The molecular formula is C12H16O6. The van der Waals surface area contributed by atoms with Crippen molar-refractivity contribution < 1.29 is 29.3 Å². The summed E-state index contributed by atoms with van der Waals surface area (Å²) in [5, 5.41) is 16.4. The first-order valence-corrected chi connectivity index (χ1v) is 5.23. The molecule has 1 aliphatic heterocycles. The maximum Gasteiger partial charge on any atom is 0.331 e. The molecule has 18 heavy (non-hydrogen) atoms. The lowest BCUT2D eigenvalue weighted by Crippen LogP contribution is -2.11. The van der Waals surface area contributed by atoms with Crippen LogP contribution in [0.3, 0.4) is 0 Å². The lowest BCUT2D eigenvalue weighted by molar-refractivity contribution is -0.142. The lowest BCUT2D eigenvalue weighted by atomic mass is 10.1. The van der Waals surface area contributed by atoms with Crippen LogP contribution in [-0.2, 0) is 19.1 Å². The summed E-state index contributed by atoms with van der Waals surface area (Å²) < 4.78 is 4.82. The first kappa shape index (κ1) is 15.9. The molecule has 0 aromatic heterocycles. The van der Waals surface area contributed by atoms with Crippen LogP contribution in [0.2, 0.25) is 0 Å². The van der Waals surface area contributed by atoms with Crippen molar-refractivity contribution in [1.29, 1.82) is 0 Å². The molecule has 2 N–H and O–H groups in total. The Bertz CT molecular complexity index is 370.